The highest BCUT2D eigenvalue weighted by Crippen LogP contribution is 2.33. The predicted octanol–water partition coefficient (Wildman–Crippen LogP) is 4.74. The zero-order chi connectivity index (χ0) is 19.4. The van der Waals surface area contributed by atoms with Crippen LogP contribution in [-0.2, 0) is 10.2 Å². The summed E-state index contributed by atoms with van der Waals surface area (Å²) in [6.07, 6.45) is 2.00. The Kier molecular flexibility index (Phi) is 5.73. The molecule has 0 N–H and O–H groups in total. The average molecular weight is 367 g/mol. The van der Waals surface area contributed by atoms with Crippen LogP contribution in [0.5, 0.6) is 11.5 Å². The van der Waals surface area contributed by atoms with E-state index in [1.165, 1.54) is 5.56 Å². The van der Waals surface area contributed by atoms with Crippen molar-refractivity contribution in [3.8, 4) is 11.5 Å². The van der Waals surface area contributed by atoms with Crippen LogP contribution in [-0.4, -0.2) is 31.1 Å². The summed E-state index contributed by atoms with van der Waals surface area (Å²) in [7, 11) is 1.66. The van der Waals surface area contributed by atoms with Crippen LogP contribution in [0.3, 0.4) is 0 Å². The van der Waals surface area contributed by atoms with E-state index in [1.54, 1.807) is 7.11 Å². The first-order valence-corrected chi connectivity index (χ1v) is 9.55. The summed E-state index contributed by atoms with van der Waals surface area (Å²) >= 11 is 0. The number of hydrogen-bond donors (Lipinski definition) is 0. The van der Waals surface area contributed by atoms with Crippen LogP contribution in [0.1, 0.15) is 50.8 Å². The molecular formula is C23H29NO3. The lowest BCUT2D eigenvalue weighted by molar-refractivity contribution is -0.134. The zero-order valence-electron chi connectivity index (χ0n) is 16.7. The number of carbonyl (C=O) groups excluding carboxylic acids is 1. The highest BCUT2D eigenvalue weighted by Gasteiger charge is 2.30. The van der Waals surface area contributed by atoms with E-state index in [2.05, 4.69) is 32.9 Å². The number of rotatable bonds is 5. The van der Waals surface area contributed by atoms with Crippen LogP contribution in [0.25, 0.3) is 0 Å². The largest absolute Gasteiger partial charge is 0.497 e. The second-order valence-corrected chi connectivity index (χ2v) is 8.08. The second-order valence-electron chi connectivity index (χ2n) is 8.08. The summed E-state index contributed by atoms with van der Waals surface area (Å²) in [4.78, 5) is 14.7. The van der Waals surface area contributed by atoms with E-state index in [4.69, 9.17) is 9.47 Å². The molecule has 1 atom stereocenters. The van der Waals surface area contributed by atoms with Gasteiger partial charge >= 0.3 is 0 Å². The molecule has 0 bridgehead atoms. The molecule has 0 saturated carbocycles. The summed E-state index contributed by atoms with van der Waals surface area (Å²) in [5, 5.41) is 0. The fraction of sp³-hybridized carbons (Fsp3) is 0.435. The van der Waals surface area contributed by atoms with E-state index in [0.29, 0.717) is 0 Å². The van der Waals surface area contributed by atoms with Gasteiger partial charge in [-0.15, -0.1) is 0 Å². The average Bonchev–Trinajstić information content (AvgIpc) is 3.16. The Morgan fingerprint density at radius 2 is 1.67 bits per heavy atom. The number of ether oxygens (including phenoxy) is 2. The van der Waals surface area contributed by atoms with Gasteiger partial charge in [-0.3, -0.25) is 4.79 Å². The third-order valence-electron chi connectivity index (χ3n) is 5.16. The standard InChI is InChI=1S/C23H29NO3/c1-23(2,3)18-9-13-20(14-10-18)27-16-22(25)24-15-5-6-21(24)17-7-11-19(26-4)12-8-17/h7-14,21H,5-6,15-16H2,1-4H3/t21-/m1/s1. The normalized spacial score (nSPS) is 17.0. The van der Waals surface area contributed by atoms with Crippen molar-refractivity contribution >= 4 is 5.91 Å². The fourth-order valence-electron chi connectivity index (χ4n) is 3.52. The summed E-state index contributed by atoms with van der Waals surface area (Å²) in [5.74, 6) is 1.60. The first-order valence-electron chi connectivity index (χ1n) is 9.55. The quantitative estimate of drug-likeness (QED) is 0.766. The van der Waals surface area contributed by atoms with Crippen molar-refractivity contribution in [1.82, 2.24) is 4.90 Å². The maximum Gasteiger partial charge on any atom is 0.261 e. The molecule has 0 spiro atoms. The monoisotopic (exact) mass is 367 g/mol. The molecule has 1 fully saturated rings. The van der Waals surface area contributed by atoms with Gasteiger partial charge in [0.05, 0.1) is 13.2 Å². The third-order valence-corrected chi connectivity index (χ3v) is 5.16. The Morgan fingerprint density at radius 3 is 2.26 bits per heavy atom. The molecule has 0 radical (unpaired) electrons. The van der Waals surface area contributed by atoms with Crippen LogP contribution >= 0.6 is 0 Å². The van der Waals surface area contributed by atoms with Gasteiger partial charge in [-0.1, -0.05) is 45.0 Å². The lowest BCUT2D eigenvalue weighted by Gasteiger charge is -2.25. The van der Waals surface area contributed by atoms with E-state index in [9.17, 15) is 4.79 Å². The van der Waals surface area contributed by atoms with Gasteiger partial charge < -0.3 is 14.4 Å². The van der Waals surface area contributed by atoms with Gasteiger partial charge in [0.2, 0.25) is 0 Å². The van der Waals surface area contributed by atoms with E-state index in [-0.39, 0.29) is 24.0 Å². The summed E-state index contributed by atoms with van der Waals surface area (Å²) < 4.78 is 11.0. The highest BCUT2D eigenvalue weighted by atomic mass is 16.5. The molecule has 4 heteroatoms. The molecule has 2 aromatic carbocycles. The SMILES string of the molecule is COc1ccc([C@H]2CCCN2C(=O)COc2ccc(C(C)(C)C)cc2)cc1. The molecular weight excluding hydrogens is 338 g/mol. The Hall–Kier alpha value is -2.49. The molecule has 3 rings (SSSR count). The molecule has 1 aliphatic heterocycles. The first-order chi connectivity index (χ1) is 12.9. The molecule has 144 valence electrons. The molecule has 1 heterocycles. The van der Waals surface area contributed by atoms with Crippen molar-refractivity contribution in [2.45, 2.75) is 45.1 Å². The summed E-state index contributed by atoms with van der Waals surface area (Å²) in [6.45, 7) is 7.39. The minimum atomic E-state index is 0.0354. The number of nitrogens with zero attached hydrogens (tertiary/aromatic N) is 1. The molecule has 2 aromatic rings. The number of likely N-dealkylation sites (tertiary alicyclic amines) is 1. The smallest absolute Gasteiger partial charge is 0.261 e. The minimum absolute atomic E-state index is 0.0354. The molecule has 1 aliphatic rings. The van der Waals surface area contributed by atoms with Crippen LogP contribution in [0.2, 0.25) is 0 Å². The van der Waals surface area contributed by atoms with Gasteiger partial charge in [-0.05, 0) is 53.6 Å². The van der Waals surface area contributed by atoms with Crippen LogP contribution in [0.15, 0.2) is 48.5 Å². The van der Waals surface area contributed by atoms with E-state index in [0.717, 1.165) is 36.4 Å². The van der Waals surface area contributed by atoms with Crippen molar-refractivity contribution in [2.75, 3.05) is 20.3 Å². The Morgan fingerprint density at radius 1 is 1.04 bits per heavy atom. The number of amides is 1. The Bertz CT molecular complexity index is 760. The predicted molar refractivity (Wildman–Crippen MR) is 107 cm³/mol. The number of methoxy groups -OCH3 is 1. The summed E-state index contributed by atoms with van der Waals surface area (Å²) in [5.41, 5.74) is 2.51. The maximum absolute atomic E-state index is 12.7. The van der Waals surface area contributed by atoms with Gasteiger partial charge in [0.15, 0.2) is 6.61 Å². The van der Waals surface area contributed by atoms with Crippen molar-refractivity contribution < 1.29 is 14.3 Å². The zero-order valence-corrected chi connectivity index (χ0v) is 16.7. The Labute approximate surface area is 162 Å². The van der Waals surface area contributed by atoms with Crippen molar-refractivity contribution in [2.24, 2.45) is 0 Å². The van der Waals surface area contributed by atoms with Crippen LogP contribution in [0, 0.1) is 0 Å². The Balaban J connectivity index is 1.61. The second kappa shape index (κ2) is 8.03. The molecule has 0 unspecified atom stereocenters. The van der Waals surface area contributed by atoms with E-state index >= 15 is 0 Å². The number of benzene rings is 2. The van der Waals surface area contributed by atoms with Crippen molar-refractivity contribution in [1.29, 1.82) is 0 Å². The van der Waals surface area contributed by atoms with Crippen molar-refractivity contribution in [3.63, 3.8) is 0 Å². The minimum Gasteiger partial charge on any atom is -0.497 e. The fourth-order valence-corrected chi connectivity index (χ4v) is 3.52. The lowest BCUT2D eigenvalue weighted by Crippen LogP contribution is -2.34. The molecule has 1 amide bonds. The lowest BCUT2D eigenvalue weighted by atomic mass is 9.87. The molecule has 1 saturated heterocycles. The molecule has 0 aliphatic carbocycles. The van der Waals surface area contributed by atoms with E-state index in [1.807, 2.05) is 41.3 Å². The van der Waals surface area contributed by atoms with E-state index < -0.39 is 0 Å². The molecule has 4 nitrogen and oxygen atoms in total. The molecule has 0 aromatic heterocycles. The van der Waals surface area contributed by atoms with Crippen molar-refractivity contribution in [3.05, 3.63) is 59.7 Å². The van der Waals surface area contributed by atoms with Gasteiger partial charge in [0.1, 0.15) is 11.5 Å². The highest BCUT2D eigenvalue weighted by molar-refractivity contribution is 5.78. The topological polar surface area (TPSA) is 38.8 Å². The van der Waals surface area contributed by atoms with Crippen LogP contribution < -0.4 is 9.47 Å². The first kappa shape index (κ1) is 19.3. The van der Waals surface area contributed by atoms with Gasteiger partial charge in [-0.2, -0.15) is 0 Å². The van der Waals surface area contributed by atoms with Gasteiger partial charge in [0.25, 0.3) is 5.91 Å². The third kappa shape index (κ3) is 4.62. The molecule has 27 heavy (non-hydrogen) atoms. The summed E-state index contributed by atoms with van der Waals surface area (Å²) in [6, 6.07) is 16.1. The van der Waals surface area contributed by atoms with Crippen LogP contribution in [0.4, 0.5) is 0 Å². The number of carbonyl (C=O) groups is 1. The maximum atomic E-state index is 12.7. The van der Waals surface area contributed by atoms with Gasteiger partial charge in [-0.25, -0.2) is 0 Å². The number of hydrogen-bond acceptors (Lipinski definition) is 3. The van der Waals surface area contributed by atoms with Gasteiger partial charge in [0, 0.05) is 6.54 Å².